The number of ether oxygens (including phenoxy) is 3. The van der Waals surface area contributed by atoms with Gasteiger partial charge in [-0.3, -0.25) is 4.79 Å². The van der Waals surface area contributed by atoms with Gasteiger partial charge in [-0.05, 0) is 41.2 Å². The predicted molar refractivity (Wildman–Crippen MR) is 79.9 cm³/mol. The Hall–Kier alpha value is -0.650. The zero-order valence-corrected chi connectivity index (χ0v) is 13.7. The predicted octanol–water partition coefficient (Wildman–Crippen LogP) is 2.09. The highest BCUT2D eigenvalue weighted by atomic mass is 16.6. The number of esters is 1. The summed E-state index contributed by atoms with van der Waals surface area (Å²) >= 11 is 0. The van der Waals surface area contributed by atoms with Crippen molar-refractivity contribution in [1.82, 2.24) is 4.90 Å². The van der Waals surface area contributed by atoms with Crippen LogP contribution in [0.1, 0.15) is 40.5 Å². The molecule has 0 amide bonds. The van der Waals surface area contributed by atoms with Gasteiger partial charge >= 0.3 is 5.97 Å². The molecule has 0 aliphatic carbocycles. The van der Waals surface area contributed by atoms with E-state index in [0.29, 0.717) is 26.2 Å². The Kier molecular flexibility index (Phi) is 11.7. The van der Waals surface area contributed by atoms with Crippen LogP contribution < -0.4 is 0 Å². The highest BCUT2D eigenvalue weighted by Gasteiger charge is 2.06. The molecule has 0 atom stereocenters. The first-order valence-electron chi connectivity index (χ1n) is 7.49. The Morgan fingerprint density at radius 2 is 1.55 bits per heavy atom. The first kappa shape index (κ1) is 19.4. The largest absolute Gasteiger partial charge is 0.463 e. The molecule has 0 heterocycles. The SMILES string of the molecule is CC(C)OCCCN(C)CCC(=O)OCCOC(C)C. The van der Waals surface area contributed by atoms with Crippen molar-refractivity contribution in [3.63, 3.8) is 0 Å². The van der Waals surface area contributed by atoms with E-state index in [4.69, 9.17) is 14.2 Å². The molecule has 0 radical (unpaired) electrons. The van der Waals surface area contributed by atoms with Crippen molar-refractivity contribution in [2.45, 2.75) is 52.7 Å². The van der Waals surface area contributed by atoms with Gasteiger partial charge in [0.2, 0.25) is 0 Å². The van der Waals surface area contributed by atoms with Crippen LogP contribution in [0.25, 0.3) is 0 Å². The van der Waals surface area contributed by atoms with E-state index in [0.717, 1.165) is 19.6 Å². The number of carbonyl (C=O) groups is 1. The van der Waals surface area contributed by atoms with Gasteiger partial charge in [0.1, 0.15) is 6.61 Å². The maximum atomic E-state index is 11.5. The third-order valence-electron chi connectivity index (χ3n) is 2.63. The minimum absolute atomic E-state index is 0.164. The molecule has 0 aliphatic heterocycles. The molecule has 0 saturated carbocycles. The normalized spacial score (nSPS) is 11.6. The topological polar surface area (TPSA) is 48.0 Å². The lowest BCUT2D eigenvalue weighted by molar-refractivity contribution is -0.146. The van der Waals surface area contributed by atoms with Crippen molar-refractivity contribution in [1.29, 1.82) is 0 Å². The van der Waals surface area contributed by atoms with E-state index in [2.05, 4.69) is 4.90 Å². The van der Waals surface area contributed by atoms with Crippen molar-refractivity contribution >= 4 is 5.97 Å². The Bertz CT molecular complexity index is 244. The van der Waals surface area contributed by atoms with Crippen LogP contribution in [0, 0.1) is 0 Å². The summed E-state index contributed by atoms with van der Waals surface area (Å²) in [5, 5.41) is 0. The van der Waals surface area contributed by atoms with Gasteiger partial charge in [-0.1, -0.05) is 0 Å². The highest BCUT2D eigenvalue weighted by molar-refractivity contribution is 5.69. The number of nitrogens with zero attached hydrogens (tertiary/aromatic N) is 1. The Morgan fingerprint density at radius 3 is 2.15 bits per heavy atom. The number of rotatable bonds is 12. The number of hydrogen-bond donors (Lipinski definition) is 0. The van der Waals surface area contributed by atoms with E-state index in [9.17, 15) is 4.79 Å². The van der Waals surface area contributed by atoms with Crippen molar-refractivity contribution in [2.75, 3.05) is 40.0 Å². The standard InChI is InChI=1S/C15H31NO4/c1-13(2)18-10-6-8-16(5)9-7-15(17)20-12-11-19-14(3)4/h13-14H,6-12H2,1-5H3. The van der Waals surface area contributed by atoms with Gasteiger partial charge in [0.15, 0.2) is 0 Å². The molecule has 0 aromatic carbocycles. The highest BCUT2D eigenvalue weighted by Crippen LogP contribution is 1.96. The molecule has 0 saturated heterocycles. The first-order valence-corrected chi connectivity index (χ1v) is 7.49. The van der Waals surface area contributed by atoms with E-state index in [1.54, 1.807) is 0 Å². The van der Waals surface area contributed by atoms with Crippen LogP contribution in [0.2, 0.25) is 0 Å². The third kappa shape index (κ3) is 13.8. The summed E-state index contributed by atoms with van der Waals surface area (Å²) in [6.45, 7) is 11.2. The summed E-state index contributed by atoms with van der Waals surface area (Å²) in [7, 11) is 2.00. The lowest BCUT2D eigenvalue weighted by Crippen LogP contribution is -2.25. The fourth-order valence-corrected chi connectivity index (χ4v) is 1.56. The molecular weight excluding hydrogens is 258 g/mol. The van der Waals surface area contributed by atoms with Crippen LogP contribution in [0.5, 0.6) is 0 Å². The van der Waals surface area contributed by atoms with Crippen molar-refractivity contribution in [2.24, 2.45) is 0 Å². The van der Waals surface area contributed by atoms with Crippen molar-refractivity contribution < 1.29 is 19.0 Å². The van der Waals surface area contributed by atoms with Crippen LogP contribution in [0.3, 0.4) is 0 Å². The molecule has 0 aromatic heterocycles. The van der Waals surface area contributed by atoms with Gasteiger partial charge in [0.05, 0.1) is 25.2 Å². The van der Waals surface area contributed by atoms with Crippen LogP contribution in [0.4, 0.5) is 0 Å². The lowest BCUT2D eigenvalue weighted by Gasteiger charge is -2.16. The smallest absolute Gasteiger partial charge is 0.307 e. The van der Waals surface area contributed by atoms with Gasteiger partial charge in [-0.2, -0.15) is 0 Å². The summed E-state index contributed by atoms with van der Waals surface area (Å²) in [5.41, 5.74) is 0. The Balaban J connectivity index is 3.44. The molecule has 0 aromatic rings. The van der Waals surface area contributed by atoms with Crippen LogP contribution in [-0.2, 0) is 19.0 Å². The molecule has 0 N–H and O–H groups in total. The van der Waals surface area contributed by atoms with Crippen LogP contribution >= 0.6 is 0 Å². The van der Waals surface area contributed by atoms with E-state index in [1.165, 1.54) is 0 Å². The minimum atomic E-state index is -0.164. The molecule has 0 bridgehead atoms. The quantitative estimate of drug-likeness (QED) is 0.407. The maximum Gasteiger partial charge on any atom is 0.307 e. The van der Waals surface area contributed by atoms with E-state index < -0.39 is 0 Å². The molecule has 5 nitrogen and oxygen atoms in total. The van der Waals surface area contributed by atoms with E-state index in [-0.39, 0.29) is 18.2 Å². The Labute approximate surface area is 123 Å². The molecular formula is C15H31NO4. The van der Waals surface area contributed by atoms with Gasteiger partial charge in [0.25, 0.3) is 0 Å². The molecule has 0 fully saturated rings. The molecule has 0 rings (SSSR count). The second kappa shape index (κ2) is 12.1. The van der Waals surface area contributed by atoms with Crippen LogP contribution in [0.15, 0.2) is 0 Å². The second-order valence-electron chi connectivity index (χ2n) is 5.47. The van der Waals surface area contributed by atoms with Gasteiger partial charge in [-0.25, -0.2) is 0 Å². The van der Waals surface area contributed by atoms with Crippen molar-refractivity contribution in [3.8, 4) is 0 Å². The summed E-state index contributed by atoms with van der Waals surface area (Å²) < 4.78 is 15.9. The summed E-state index contributed by atoms with van der Waals surface area (Å²) in [4.78, 5) is 13.6. The average Bonchev–Trinajstić information content (AvgIpc) is 2.37. The molecule has 120 valence electrons. The molecule has 0 aliphatic rings. The number of carbonyl (C=O) groups excluding carboxylic acids is 1. The van der Waals surface area contributed by atoms with Crippen molar-refractivity contribution in [3.05, 3.63) is 0 Å². The summed E-state index contributed by atoms with van der Waals surface area (Å²) in [5.74, 6) is -0.164. The van der Waals surface area contributed by atoms with E-state index in [1.807, 2.05) is 34.7 Å². The monoisotopic (exact) mass is 289 g/mol. The first-order chi connectivity index (χ1) is 9.41. The average molecular weight is 289 g/mol. The van der Waals surface area contributed by atoms with Gasteiger partial charge in [-0.15, -0.1) is 0 Å². The zero-order valence-electron chi connectivity index (χ0n) is 13.7. The minimum Gasteiger partial charge on any atom is -0.463 e. The van der Waals surface area contributed by atoms with E-state index >= 15 is 0 Å². The number of hydrogen-bond acceptors (Lipinski definition) is 5. The summed E-state index contributed by atoms with van der Waals surface area (Å²) in [6, 6.07) is 0. The maximum absolute atomic E-state index is 11.5. The van der Waals surface area contributed by atoms with Gasteiger partial charge < -0.3 is 19.1 Å². The second-order valence-corrected chi connectivity index (χ2v) is 5.47. The molecule has 20 heavy (non-hydrogen) atoms. The zero-order chi connectivity index (χ0) is 15.4. The lowest BCUT2D eigenvalue weighted by atomic mass is 10.3. The Morgan fingerprint density at radius 1 is 0.950 bits per heavy atom. The molecule has 0 spiro atoms. The fraction of sp³-hybridized carbons (Fsp3) is 0.933. The fourth-order valence-electron chi connectivity index (χ4n) is 1.56. The molecule has 0 unspecified atom stereocenters. The third-order valence-corrected chi connectivity index (χ3v) is 2.63. The van der Waals surface area contributed by atoms with Gasteiger partial charge in [0, 0.05) is 19.7 Å². The molecule has 5 heteroatoms. The van der Waals surface area contributed by atoms with Crippen LogP contribution in [-0.4, -0.2) is 63.0 Å². The summed E-state index contributed by atoms with van der Waals surface area (Å²) in [6.07, 6.45) is 1.85.